The molecule has 1 aromatic carbocycles. The molecule has 3 unspecified atom stereocenters. The second-order valence-electron chi connectivity index (χ2n) is 4.97. The van der Waals surface area contributed by atoms with E-state index in [9.17, 15) is 10.2 Å². The lowest BCUT2D eigenvalue weighted by Crippen LogP contribution is -2.29. The molecule has 4 heteroatoms. The number of aromatic hydroxyl groups is 2. The van der Waals surface area contributed by atoms with Gasteiger partial charge in [-0.3, -0.25) is 0 Å². The summed E-state index contributed by atoms with van der Waals surface area (Å²) in [5, 5.41) is 23.9. The van der Waals surface area contributed by atoms with Crippen LogP contribution in [0.15, 0.2) is 18.2 Å². The van der Waals surface area contributed by atoms with Crippen molar-refractivity contribution in [1.82, 2.24) is 5.32 Å². The summed E-state index contributed by atoms with van der Waals surface area (Å²) in [6.45, 7) is 1.99. The fourth-order valence-electron chi connectivity index (χ4n) is 2.73. The van der Waals surface area contributed by atoms with Crippen LogP contribution < -0.4 is 5.32 Å². The maximum absolute atomic E-state index is 9.83. The van der Waals surface area contributed by atoms with E-state index in [-0.39, 0.29) is 17.5 Å². The lowest BCUT2D eigenvalue weighted by atomic mass is 10.0. The number of rotatable bonds is 4. The molecule has 1 aliphatic rings. The van der Waals surface area contributed by atoms with Gasteiger partial charge in [-0.1, -0.05) is 6.07 Å². The first-order chi connectivity index (χ1) is 8.61. The van der Waals surface area contributed by atoms with Crippen molar-refractivity contribution < 1.29 is 10.2 Å². The summed E-state index contributed by atoms with van der Waals surface area (Å²) in [5.74, 6) is 0.323. The van der Waals surface area contributed by atoms with Crippen LogP contribution in [0, 0.1) is 0 Å². The highest BCUT2D eigenvalue weighted by Crippen LogP contribution is 2.35. The Balaban J connectivity index is 2.02. The summed E-state index contributed by atoms with van der Waals surface area (Å²) in [6, 6.07) is 5.34. The zero-order valence-electron chi connectivity index (χ0n) is 10.9. The van der Waals surface area contributed by atoms with E-state index in [4.69, 9.17) is 0 Å². The van der Waals surface area contributed by atoms with Gasteiger partial charge in [0.1, 0.15) is 11.5 Å². The van der Waals surface area contributed by atoms with E-state index >= 15 is 0 Å². The van der Waals surface area contributed by atoms with Crippen LogP contribution in [0.2, 0.25) is 0 Å². The number of benzene rings is 1. The van der Waals surface area contributed by atoms with E-state index in [1.54, 1.807) is 18.2 Å². The molecule has 100 valence electrons. The van der Waals surface area contributed by atoms with Crippen molar-refractivity contribution in [3.05, 3.63) is 23.8 Å². The van der Waals surface area contributed by atoms with Crippen LogP contribution in [0.5, 0.6) is 11.5 Å². The van der Waals surface area contributed by atoms with Gasteiger partial charge in [0.05, 0.1) is 5.56 Å². The van der Waals surface area contributed by atoms with Gasteiger partial charge in [0, 0.05) is 17.3 Å². The van der Waals surface area contributed by atoms with Gasteiger partial charge in [-0.2, -0.15) is 11.8 Å². The molecule has 0 saturated heterocycles. The first-order valence-corrected chi connectivity index (χ1v) is 7.70. The Kier molecular flexibility index (Phi) is 4.40. The van der Waals surface area contributed by atoms with Crippen LogP contribution in [0.25, 0.3) is 0 Å². The van der Waals surface area contributed by atoms with Crippen LogP contribution in [-0.2, 0) is 0 Å². The summed E-state index contributed by atoms with van der Waals surface area (Å²) in [6.07, 6.45) is 5.74. The summed E-state index contributed by atoms with van der Waals surface area (Å²) in [4.78, 5) is 0. The Hall–Kier alpha value is -0.870. The lowest BCUT2D eigenvalue weighted by Gasteiger charge is -2.21. The molecule has 0 spiro atoms. The number of phenolic OH excluding ortho intramolecular Hbond substituents is 2. The van der Waals surface area contributed by atoms with Gasteiger partial charge in [0.15, 0.2) is 0 Å². The lowest BCUT2D eigenvalue weighted by molar-refractivity contribution is 0.400. The van der Waals surface area contributed by atoms with Crippen LogP contribution in [-0.4, -0.2) is 27.8 Å². The Bertz CT molecular complexity index is 391. The average molecular weight is 267 g/mol. The number of phenols is 2. The molecule has 0 aromatic heterocycles. The fraction of sp³-hybridized carbons (Fsp3) is 0.571. The molecular formula is C14H21NO2S. The monoisotopic (exact) mass is 267 g/mol. The van der Waals surface area contributed by atoms with Gasteiger partial charge in [-0.15, -0.1) is 0 Å². The third kappa shape index (κ3) is 2.93. The van der Waals surface area contributed by atoms with Gasteiger partial charge in [0.2, 0.25) is 0 Å². The highest BCUT2D eigenvalue weighted by Gasteiger charge is 2.26. The van der Waals surface area contributed by atoms with Gasteiger partial charge in [-0.05, 0) is 44.6 Å². The van der Waals surface area contributed by atoms with E-state index in [1.165, 1.54) is 19.3 Å². The number of thioether (sulfide) groups is 1. The van der Waals surface area contributed by atoms with E-state index in [0.717, 1.165) is 5.25 Å². The molecule has 18 heavy (non-hydrogen) atoms. The standard InChI is InChI=1S/C14H21NO2S/c1-9(14-12(16)4-3-5-13(14)17)15-10-6-7-11(8-10)18-2/h3-5,9-11,15-17H,6-8H2,1-2H3. The smallest absolute Gasteiger partial charge is 0.124 e. The van der Waals surface area contributed by atoms with Crippen molar-refractivity contribution in [1.29, 1.82) is 0 Å². The molecule has 0 heterocycles. The molecule has 3 nitrogen and oxygen atoms in total. The number of nitrogens with one attached hydrogen (secondary N) is 1. The molecule has 1 saturated carbocycles. The SMILES string of the molecule is CSC1CCC(NC(C)c2c(O)cccc2O)C1. The largest absolute Gasteiger partial charge is 0.507 e. The van der Waals surface area contributed by atoms with E-state index in [1.807, 2.05) is 18.7 Å². The van der Waals surface area contributed by atoms with Gasteiger partial charge < -0.3 is 15.5 Å². The normalized spacial score (nSPS) is 25.2. The van der Waals surface area contributed by atoms with E-state index in [0.29, 0.717) is 11.6 Å². The summed E-state index contributed by atoms with van der Waals surface area (Å²) in [5.41, 5.74) is 0.602. The molecule has 3 N–H and O–H groups in total. The predicted molar refractivity (Wildman–Crippen MR) is 76.3 cm³/mol. The molecule has 3 atom stereocenters. The zero-order chi connectivity index (χ0) is 13.1. The Morgan fingerprint density at radius 3 is 2.50 bits per heavy atom. The molecule has 0 radical (unpaired) electrons. The van der Waals surface area contributed by atoms with Crippen LogP contribution in [0.3, 0.4) is 0 Å². The second-order valence-corrected chi connectivity index (χ2v) is 6.10. The Morgan fingerprint density at radius 2 is 1.94 bits per heavy atom. The maximum Gasteiger partial charge on any atom is 0.124 e. The minimum atomic E-state index is -0.0307. The third-order valence-electron chi connectivity index (χ3n) is 3.70. The molecule has 0 amide bonds. The maximum atomic E-state index is 9.83. The highest BCUT2D eigenvalue weighted by molar-refractivity contribution is 7.99. The minimum absolute atomic E-state index is 0.0307. The van der Waals surface area contributed by atoms with Crippen molar-refractivity contribution in [3.8, 4) is 11.5 Å². The van der Waals surface area contributed by atoms with Crippen LogP contribution >= 0.6 is 11.8 Å². The van der Waals surface area contributed by atoms with Crippen molar-refractivity contribution in [2.45, 2.75) is 43.5 Å². The third-order valence-corrected chi connectivity index (χ3v) is 4.79. The molecule has 1 aromatic rings. The van der Waals surface area contributed by atoms with Crippen molar-refractivity contribution in [2.24, 2.45) is 0 Å². The summed E-state index contributed by atoms with van der Waals surface area (Å²) < 4.78 is 0. The van der Waals surface area contributed by atoms with Gasteiger partial charge in [0.25, 0.3) is 0 Å². The molecule has 1 aliphatic carbocycles. The van der Waals surface area contributed by atoms with Crippen molar-refractivity contribution >= 4 is 11.8 Å². The first kappa shape index (κ1) is 13.6. The molecule has 2 rings (SSSR count). The van der Waals surface area contributed by atoms with Crippen molar-refractivity contribution in [3.63, 3.8) is 0 Å². The summed E-state index contributed by atoms with van der Waals surface area (Å²) >= 11 is 1.93. The fourth-order valence-corrected chi connectivity index (χ4v) is 3.52. The van der Waals surface area contributed by atoms with Gasteiger partial charge in [-0.25, -0.2) is 0 Å². The summed E-state index contributed by atoms with van der Waals surface area (Å²) in [7, 11) is 0. The topological polar surface area (TPSA) is 52.5 Å². The number of hydrogen-bond donors (Lipinski definition) is 3. The number of hydrogen-bond acceptors (Lipinski definition) is 4. The molecular weight excluding hydrogens is 246 g/mol. The van der Waals surface area contributed by atoms with Crippen molar-refractivity contribution in [2.75, 3.05) is 6.26 Å². The molecule has 0 aliphatic heterocycles. The van der Waals surface area contributed by atoms with E-state index < -0.39 is 0 Å². The Morgan fingerprint density at radius 1 is 1.28 bits per heavy atom. The first-order valence-electron chi connectivity index (χ1n) is 6.41. The molecule has 1 fully saturated rings. The van der Waals surface area contributed by atoms with E-state index in [2.05, 4.69) is 11.6 Å². The zero-order valence-corrected chi connectivity index (χ0v) is 11.7. The quantitative estimate of drug-likeness (QED) is 0.785. The minimum Gasteiger partial charge on any atom is -0.507 e. The molecule has 0 bridgehead atoms. The van der Waals surface area contributed by atoms with Crippen LogP contribution in [0.4, 0.5) is 0 Å². The second kappa shape index (κ2) is 5.85. The highest BCUT2D eigenvalue weighted by atomic mass is 32.2. The van der Waals surface area contributed by atoms with Gasteiger partial charge >= 0.3 is 0 Å². The average Bonchev–Trinajstić information content (AvgIpc) is 2.76. The van der Waals surface area contributed by atoms with Crippen LogP contribution in [0.1, 0.15) is 37.8 Å². The Labute approximate surface area is 113 Å². The predicted octanol–water partition coefficient (Wildman–Crippen LogP) is 3.03.